The number of carboxylic acid groups (broad SMARTS) is 1. The molecule has 0 radical (unpaired) electrons. The summed E-state index contributed by atoms with van der Waals surface area (Å²) in [5, 5.41) is 14.0. The Kier molecular flexibility index (Phi) is 3.92. The molecule has 0 saturated carbocycles. The van der Waals surface area contributed by atoms with E-state index in [-0.39, 0.29) is 5.69 Å². The van der Waals surface area contributed by atoms with E-state index >= 15 is 0 Å². The zero-order chi connectivity index (χ0) is 16.6. The van der Waals surface area contributed by atoms with Gasteiger partial charge in [-0.2, -0.15) is 5.10 Å². The minimum Gasteiger partial charge on any atom is -0.476 e. The maximum Gasteiger partial charge on any atom is 0.356 e. The molecule has 3 aromatic rings. The van der Waals surface area contributed by atoms with Crippen LogP contribution in [0.5, 0.6) is 0 Å². The smallest absolute Gasteiger partial charge is 0.356 e. The first-order chi connectivity index (χ1) is 11.0. The Morgan fingerprint density at radius 1 is 1.09 bits per heavy atom. The summed E-state index contributed by atoms with van der Waals surface area (Å²) in [5.74, 6) is -1.06. The summed E-state index contributed by atoms with van der Waals surface area (Å²) in [7, 11) is 0. The van der Waals surface area contributed by atoms with Crippen LogP contribution in [0, 0.1) is 13.8 Å². The number of hydrogen-bond donors (Lipinski definition) is 1. The Morgan fingerprint density at radius 2 is 1.87 bits per heavy atom. The number of aromatic carboxylic acids is 1. The van der Waals surface area contributed by atoms with Crippen molar-refractivity contribution in [3.8, 4) is 16.9 Å². The van der Waals surface area contributed by atoms with Crippen LogP contribution in [-0.2, 0) is 0 Å². The van der Waals surface area contributed by atoms with Crippen molar-refractivity contribution >= 4 is 17.6 Å². The molecule has 2 aromatic carbocycles. The van der Waals surface area contributed by atoms with Crippen molar-refractivity contribution in [3.63, 3.8) is 0 Å². The van der Waals surface area contributed by atoms with Crippen LogP contribution >= 0.6 is 11.6 Å². The highest BCUT2D eigenvalue weighted by molar-refractivity contribution is 6.30. The van der Waals surface area contributed by atoms with Crippen molar-refractivity contribution in [2.24, 2.45) is 0 Å². The number of benzene rings is 2. The lowest BCUT2D eigenvalue weighted by Gasteiger charge is -2.09. The number of aryl methyl sites for hydroxylation is 2. The van der Waals surface area contributed by atoms with Gasteiger partial charge in [0.25, 0.3) is 0 Å². The number of carbonyl (C=O) groups is 1. The van der Waals surface area contributed by atoms with Gasteiger partial charge in [0.1, 0.15) is 0 Å². The van der Waals surface area contributed by atoms with Gasteiger partial charge < -0.3 is 5.11 Å². The quantitative estimate of drug-likeness (QED) is 0.770. The molecule has 0 aliphatic rings. The van der Waals surface area contributed by atoms with Gasteiger partial charge in [0.15, 0.2) is 5.69 Å². The summed E-state index contributed by atoms with van der Waals surface area (Å²) in [6.07, 6.45) is 0. The van der Waals surface area contributed by atoms with E-state index in [0.717, 1.165) is 16.8 Å². The Balaban J connectivity index is 2.22. The van der Waals surface area contributed by atoms with Crippen LogP contribution in [0.1, 0.15) is 21.6 Å². The molecule has 0 aliphatic heterocycles. The van der Waals surface area contributed by atoms with Gasteiger partial charge in [-0.3, -0.25) is 0 Å². The molecule has 0 bridgehead atoms. The SMILES string of the molecule is Cc1ccc(-c2cc(C(=O)O)nn2-c2cccc(Cl)c2)cc1C. The molecular formula is C18H15ClN2O2. The van der Waals surface area contributed by atoms with Crippen molar-refractivity contribution in [2.75, 3.05) is 0 Å². The van der Waals surface area contributed by atoms with E-state index in [1.807, 2.05) is 44.2 Å². The minimum absolute atomic E-state index is 0.00166. The van der Waals surface area contributed by atoms with E-state index in [4.69, 9.17) is 11.6 Å². The zero-order valence-corrected chi connectivity index (χ0v) is 13.5. The lowest BCUT2D eigenvalue weighted by Crippen LogP contribution is -2.02. The first-order valence-corrected chi connectivity index (χ1v) is 7.50. The first-order valence-electron chi connectivity index (χ1n) is 7.12. The highest BCUT2D eigenvalue weighted by Crippen LogP contribution is 2.27. The highest BCUT2D eigenvalue weighted by Gasteiger charge is 2.16. The molecule has 0 saturated heterocycles. The monoisotopic (exact) mass is 326 g/mol. The average molecular weight is 327 g/mol. The third-order valence-electron chi connectivity index (χ3n) is 3.78. The molecule has 1 heterocycles. The molecular weight excluding hydrogens is 312 g/mol. The van der Waals surface area contributed by atoms with Gasteiger partial charge in [-0.25, -0.2) is 9.48 Å². The zero-order valence-electron chi connectivity index (χ0n) is 12.7. The van der Waals surface area contributed by atoms with Crippen LogP contribution in [0.3, 0.4) is 0 Å². The van der Waals surface area contributed by atoms with E-state index in [1.165, 1.54) is 5.56 Å². The van der Waals surface area contributed by atoms with Gasteiger partial charge in [-0.15, -0.1) is 0 Å². The Bertz CT molecular complexity index is 900. The summed E-state index contributed by atoms with van der Waals surface area (Å²) in [5.41, 5.74) is 4.66. The van der Waals surface area contributed by atoms with Crippen molar-refractivity contribution in [3.05, 3.63) is 70.4 Å². The lowest BCUT2D eigenvalue weighted by atomic mass is 10.0. The van der Waals surface area contributed by atoms with E-state index in [2.05, 4.69) is 5.10 Å². The number of halogens is 1. The number of rotatable bonds is 3. The molecule has 5 heteroatoms. The maximum absolute atomic E-state index is 11.3. The van der Waals surface area contributed by atoms with Crippen LogP contribution in [0.2, 0.25) is 5.02 Å². The Morgan fingerprint density at radius 3 is 2.52 bits per heavy atom. The molecule has 0 atom stereocenters. The molecule has 0 amide bonds. The second-order valence-electron chi connectivity index (χ2n) is 5.41. The standard InChI is InChI=1S/C18H15ClN2O2/c1-11-6-7-13(8-12(11)2)17-10-16(18(22)23)20-21(17)15-5-3-4-14(19)9-15/h3-10H,1-2H3,(H,22,23). The second kappa shape index (κ2) is 5.89. The van der Waals surface area contributed by atoms with E-state index in [0.29, 0.717) is 10.7 Å². The number of hydrogen-bond acceptors (Lipinski definition) is 2. The lowest BCUT2D eigenvalue weighted by molar-refractivity contribution is 0.0690. The minimum atomic E-state index is -1.06. The molecule has 23 heavy (non-hydrogen) atoms. The van der Waals surface area contributed by atoms with Crippen LogP contribution in [0.25, 0.3) is 16.9 Å². The Hall–Kier alpha value is -2.59. The molecule has 116 valence electrons. The Labute approximate surface area is 139 Å². The van der Waals surface area contributed by atoms with Crippen molar-refractivity contribution < 1.29 is 9.90 Å². The van der Waals surface area contributed by atoms with Crippen LogP contribution in [0.15, 0.2) is 48.5 Å². The van der Waals surface area contributed by atoms with Crippen molar-refractivity contribution in [1.82, 2.24) is 9.78 Å². The maximum atomic E-state index is 11.3. The third-order valence-corrected chi connectivity index (χ3v) is 4.02. The normalized spacial score (nSPS) is 10.7. The molecule has 3 rings (SSSR count). The molecule has 0 spiro atoms. The number of carboxylic acids is 1. The van der Waals surface area contributed by atoms with Gasteiger partial charge >= 0.3 is 5.97 Å². The van der Waals surface area contributed by atoms with Gasteiger partial charge in [0.05, 0.1) is 11.4 Å². The number of aromatic nitrogens is 2. The summed E-state index contributed by atoms with van der Waals surface area (Å²) in [6, 6.07) is 14.8. The van der Waals surface area contributed by atoms with E-state index in [9.17, 15) is 9.90 Å². The van der Waals surface area contributed by atoms with Crippen LogP contribution in [0.4, 0.5) is 0 Å². The van der Waals surface area contributed by atoms with Gasteiger partial charge in [-0.05, 0) is 55.3 Å². The summed E-state index contributed by atoms with van der Waals surface area (Å²) in [4.78, 5) is 11.3. The topological polar surface area (TPSA) is 55.1 Å². The van der Waals surface area contributed by atoms with Gasteiger partial charge in [0.2, 0.25) is 0 Å². The molecule has 4 nitrogen and oxygen atoms in total. The van der Waals surface area contributed by atoms with Crippen LogP contribution < -0.4 is 0 Å². The van der Waals surface area contributed by atoms with E-state index < -0.39 is 5.97 Å². The predicted octanol–water partition coefficient (Wildman–Crippen LogP) is 4.51. The van der Waals surface area contributed by atoms with Gasteiger partial charge in [0, 0.05) is 10.6 Å². The molecule has 1 N–H and O–H groups in total. The summed E-state index contributed by atoms with van der Waals surface area (Å²) >= 11 is 6.05. The molecule has 0 unspecified atom stereocenters. The molecule has 0 aliphatic carbocycles. The van der Waals surface area contributed by atoms with Crippen LogP contribution in [-0.4, -0.2) is 20.9 Å². The second-order valence-corrected chi connectivity index (χ2v) is 5.85. The van der Waals surface area contributed by atoms with E-state index in [1.54, 1.807) is 22.9 Å². The molecule has 1 aromatic heterocycles. The summed E-state index contributed by atoms with van der Waals surface area (Å²) in [6.45, 7) is 4.06. The first kappa shape index (κ1) is 15.3. The average Bonchev–Trinajstić information content (AvgIpc) is 2.95. The highest BCUT2D eigenvalue weighted by atomic mass is 35.5. The predicted molar refractivity (Wildman–Crippen MR) is 90.4 cm³/mol. The van der Waals surface area contributed by atoms with Gasteiger partial charge in [-0.1, -0.05) is 29.8 Å². The largest absolute Gasteiger partial charge is 0.476 e. The number of nitrogens with zero attached hydrogens (tertiary/aromatic N) is 2. The summed E-state index contributed by atoms with van der Waals surface area (Å²) < 4.78 is 1.61. The fraction of sp³-hybridized carbons (Fsp3) is 0.111. The third kappa shape index (κ3) is 2.98. The fourth-order valence-electron chi connectivity index (χ4n) is 2.40. The fourth-order valence-corrected chi connectivity index (χ4v) is 2.58. The van der Waals surface area contributed by atoms with Crippen molar-refractivity contribution in [1.29, 1.82) is 0 Å². The van der Waals surface area contributed by atoms with Crippen molar-refractivity contribution in [2.45, 2.75) is 13.8 Å². The molecule has 0 fully saturated rings.